The number of rotatable bonds is 6. The van der Waals surface area contributed by atoms with Gasteiger partial charge in [0.15, 0.2) is 6.10 Å². The van der Waals surface area contributed by atoms with Crippen LogP contribution in [0.3, 0.4) is 0 Å². The van der Waals surface area contributed by atoms with Gasteiger partial charge in [0, 0.05) is 11.8 Å². The van der Waals surface area contributed by atoms with E-state index >= 15 is 0 Å². The molecular formula is C18H18N2O4. The van der Waals surface area contributed by atoms with Crippen molar-refractivity contribution >= 4 is 23.7 Å². The maximum Gasteiger partial charge on any atom is 0.267 e. The Morgan fingerprint density at radius 3 is 2.79 bits per heavy atom. The molecule has 1 aliphatic heterocycles. The Labute approximate surface area is 140 Å². The van der Waals surface area contributed by atoms with Gasteiger partial charge >= 0.3 is 0 Å². The average Bonchev–Trinajstić information content (AvgIpc) is 2.59. The Morgan fingerprint density at radius 2 is 2.04 bits per heavy atom. The van der Waals surface area contributed by atoms with Crippen LogP contribution in [0.1, 0.15) is 6.92 Å². The Hall–Kier alpha value is -3.02. The van der Waals surface area contributed by atoms with Crippen molar-refractivity contribution in [1.29, 1.82) is 0 Å². The molecule has 1 unspecified atom stereocenters. The number of fused-ring (bicyclic) bond motifs is 1. The van der Waals surface area contributed by atoms with Gasteiger partial charge in [-0.05, 0) is 31.2 Å². The van der Waals surface area contributed by atoms with Gasteiger partial charge in [0.25, 0.3) is 5.91 Å². The van der Waals surface area contributed by atoms with Crippen LogP contribution in [0, 0.1) is 0 Å². The van der Waals surface area contributed by atoms with E-state index in [9.17, 15) is 9.59 Å². The van der Waals surface area contributed by atoms with E-state index in [0.29, 0.717) is 36.7 Å². The van der Waals surface area contributed by atoms with Crippen molar-refractivity contribution in [3.63, 3.8) is 0 Å². The second-order valence-electron chi connectivity index (χ2n) is 5.36. The fourth-order valence-corrected chi connectivity index (χ4v) is 2.57. The van der Waals surface area contributed by atoms with Gasteiger partial charge in [0.05, 0.1) is 12.2 Å². The fraction of sp³-hybridized carbons (Fsp3) is 0.222. The molecule has 124 valence electrons. The molecule has 6 heteroatoms. The van der Waals surface area contributed by atoms with Crippen LogP contribution in [0.2, 0.25) is 0 Å². The van der Waals surface area contributed by atoms with Crippen LogP contribution in [-0.2, 0) is 9.59 Å². The van der Waals surface area contributed by atoms with Gasteiger partial charge in [-0.1, -0.05) is 18.2 Å². The van der Waals surface area contributed by atoms with Crippen molar-refractivity contribution in [2.75, 3.05) is 23.4 Å². The number of anilines is 2. The molecule has 2 aromatic rings. The van der Waals surface area contributed by atoms with Crippen LogP contribution in [0.25, 0.3) is 0 Å². The van der Waals surface area contributed by atoms with Crippen LogP contribution in [0.5, 0.6) is 11.5 Å². The highest BCUT2D eigenvalue weighted by Gasteiger charge is 2.31. The van der Waals surface area contributed by atoms with Gasteiger partial charge < -0.3 is 19.7 Å². The maximum atomic E-state index is 12.4. The van der Waals surface area contributed by atoms with Gasteiger partial charge in [-0.15, -0.1) is 0 Å². The van der Waals surface area contributed by atoms with E-state index in [0.717, 1.165) is 5.75 Å². The molecule has 0 spiro atoms. The summed E-state index contributed by atoms with van der Waals surface area (Å²) >= 11 is 0. The van der Waals surface area contributed by atoms with Crippen LogP contribution < -0.4 is 19.7 Å². The van der Waals surface area contributed by atoms with Gasteiger partial charge in [0.1, 0.15) is 18.1 Å². The normalized spacial score (nSPS) is 16.1. The minimum absolute atomic E-state index is 0.116. The zero-order valence-corrected chi connectivity index (χ0v) is 13.3. The molecule has 3 rings (SSSR count). The lowest BCUT2D eigenvalue weighted by Gasteiger charge is -2.33. The Balaban J connectivity index is 1.74. The summed E-state index contributed by atoms with van der Waals surface area (Å²) in [6.07, 6.45) is 0.0191. The van der Waals surface area contributed by atoms with Crippen molar-refractivity contribution in [3.05, 3.63) is 48.5 Å². The van der Waals surface area contributed by atoms with Crippen LogP contribution in [0.4, 0.5) is 11.4 Å². The monoisotopic (exact) mass is 326 g/mol. The number of hydrogen-bond donors (Lipinski definition) is 1. The third-order valence-electron chi connectivity index (χ3n) is 3.72. The summed E-state index contributed by atoms with van der Waals surface area (Å²) in [5.74, 6) is 1.21. The molecule has 0 aliphatic carbocycles. The molecule has 2 amide bonds. The lowest BCUT2D eigenvalue weighted by atomic mass is 10.1. The molecule has 1 atom stereocenters. The third kappa shape index (κ3) is 3.32. The Morgan fingerprint density at radius 1 is 1.25 bits per heavy atom. The largest absolute Gasteiger partial charge is 0.492 e. The number of hydrogen-bond acceptors (Lipinski definition) is 4. The number of benzene rings is 2. The van der Waals surface area contributed by atoms with E-state index in [1.807, 2.05) is 30.3 Å². The average molecular weight is 326 g/mol. The second kappa shape index (κ2) is 7.04. The lowest BCUT2D eigenvalue weighted by Crippen LogP contribution is -2.46. The summed E-state index contributed by atoms with van der Waals surface area (Å²) in [6, 6.07) is 14.6. The number of nitrogens with one attached hydrogen (secondary N) is 1. The first-order valence-corrected chi connectivity index (χ1v) is 7.69. The SMILES string of the molecule is CC1Oc2cc(NC=O)ccc2N(CCOc2ccccc2)C1=O. The van der Waals surface area contributed by atoms with E-state index in [-0.39, 0.29) is 5.91 Å². The smallest absolute Gasteiger partial charge is 0.267 e. The van der Waals surface area contributed by atoms with Crippen molar-refractivity contribution in [3.8, 4) is 11.5 Å². The summed E-state index contributed by atoms with van der Waals surface area (Å²) < 4.78 is 11.3. The molecular weight excluding hydrogens is 308 g/mol. The minimum Gasteiger partial charge on any atom is -0.492 e. The number of carbonyl (C=O) groups excluding carboxylic acids is 2. The molecule has 1 N–H and O–H groups in total. The van der Waals surface area contributed by atoms with Crippen LogP contribution in [0.15, 0.2) is 48.5 Å². The first kappa shape index (κ1) is 15.9. The molecule has 0 aromatic heterocycles. The topological polar surface area (TPSA) is 67.9 Å². The first-order valence-electron chi connectivity index (χ1n) is 7.69. The predicted molar refractivity (Wildman–Crippen MR) is 90.5 cm³/mol. The summed E-state index contributed by atoms with van der Waals surface area (Å²) in [6.45, 7) is 2.49. The fourth-order valence-electron chi connectivity index (χ4n) is 2.57. The molecule has 6 nitrogen and oxygen atoms in total. The highest BCUT2D eigenvalue weighted by molar-refractivity contribution is 6.00. The molecule has 0 saturated carbocycles. The zero-order chi connectivity index (χ0) is 16.9. The Bertz CT molecular complexity index is 733. The first-order chi connectivity index (χ1) is 11.7. The third-order valence-corrected chi connectivity index (χ3v) is 3.72. The number of amides is 2. The summed E-state index contributed by atoms with van der Waals surface area (Å²) in [4.78, 5) is 24.6. The highest BCUT2D eigenvalue weighted by Crippen LogP contribution is 2.36. The van der Waals surface area contributed by atoms with Crippen molar-refractivity contribution < 1.29 is 19.1 Å². The standard InChI is InChI=1S/C18H18N2O4/c1-13-18(22)20(9-10-23-15-5-3-2-4-6-15)16-8-7-14(19-12-21)11-17(16)24-13/h2-8,11-13H,9-10H2,1H3,(H,19,21). The van der Waals surface area contributed by atoms with E-state index in [4.69, 9.17) is 9.47 Å². The summed E-state index contributed by atoms with van der Waals surface area (Å²) in [5, 5.41) is 2.57. The number of para-hydroxylation sites is 1. The lowest BCUT2D eigenvalue weighted by molar-refractivity contribution is -0.125. The van der Waals surface area contributed by atoms with Crippen LogP contribution in [-0.4, -0.2) is 31.6 Å². The van der Waals surface area contributed by atoms with Gasteiger partial charge in [-0.25, -0.2) is 0 Å². The van der Waals surface area contributed by atoms with Gasteiger partial charge in [0.2, 0.25) is 6.41 Å². The quantitative estimate of drug-likeness (QED) is 0.828. The number of nitrogens with zero attached hydrogens (tertiary/aromatic N) is 1. The van der Waals surface area contributed by atoms with E-state index in [1.54, 1.807) is 30.0 Å². The van der Waals surface area contributed by atoms with E-state index < -0.39 is 6.10 Å². The molecule has 1 aliphatic rings. The molecule has 1 heterocycles. The molecule has 2 aromatic carbocycles. The minimum atomic E-state index is -0.583. The second-order valence-corrected chi connectivity index (χ2v) is 5.36. The van der Waals surface area contributed by atoms with Gasteiger partial charge in [-0.2, -0.15) is 0 Å². The van der Waals surface area contributed by atoms with Crippen molar-refractivity contribution in [2.24, 2.45) is 0 Å². The summed E-state index contributed by atoms with van der Waals surface area (Å²) in [5.41, 5.74) is 1.29. The number of carbonyl (C=O) groups is 2. The molecule has 0 radical (unpaired) electrons. The molecule has 0 saturated heterocycles. The molecule has 24 heavy (non-hydrogen) atoms. The van der Waals surface area contributed by atoms with E-state index in [2.05, 4.69) is 5.32 Å². The van der Waals surface area contributed by atoms with Gasteiger partial charge in [-0.3, -0.25) is 9.59 Å². The highest BCUT2D eigenvalue weighted by atomic mass is 16.5. The number of ether oxygens (including phenoxy) is 2. The van der Waals surface area contributed by atoms with E-state index in [1.165, 1.54) is 0 Å². The molecule has 0 fully saturated rings. The maximum absolute atomic E-state index is 12.4. The summed E-state index contributed by atoms with van der Waals surface area (Å²) in [7, 11) is 0. The zero-order valence-electron chi connectivity index (χ0n) is 13.3. The molecule has 0 bridgehead atoms. The predicted octanol–water partition coefficient (Wildman–Crippen LogP) is 2.45. The van der Waals surface area contributed by atoms with Crippen LogP contribution >= 0.6 is 0 Å². The Kier molecular flexibility index (Phi) is 4.65. The van der Waals surface area contributed by atoms with Crippen molar-refractivity contribution in [2.45, 2.75) is 13.0 Å². The van der Waals surface area contributed by atoms with Crippen molar-refractivity contribution in [1.82, 2.24) is 0 Å².